The lowest BCUT2D eigenvalue weighted by Gasteiger charge is -2.36. The number of para-hydroxylation sites is 1. The minimum Gasteiger partial charge on any atom is -0.494 e. The van der Waals surface area contributed by atoms with Crippen molar-refractivity contribution in [2.75, 3.05) is 37.7 Å². The molecule has 0 unspecified atom stereocenters. The maximum Gasteiger partial charge on any atom is 0.263 e. The monoisotopic (exact) mass is 473 g/mol. The highest BCUT2D eigenvalue weighted by Gasteiger charge is 2.28. The van der Waals surface area contributed by atoms with Gasteiger partial charge in [0, 0.05) is 26.2 Å². The molecule has 0 saturated carbocycles. The van der Waals surface area contributed by atoms with Crippen molar-refractivity contribution in [1.82, 2.24) is 29.9 Å². The number of benzene rings is 2. The van der Waals surface area contributed by atoms with Gasteiger partial charge in [0.25, 0.3) is 5.91 Å². The molecule has 10 nitrogen and oxygen atoms in total. The van der Waals surface area contributed by atoms with Crippen LogP contribution in [0.3, 0.4) is 0 Å². The Morgan fingerprint density at radius 1 is 0.971 bits per heavy atom. The normalized spacial score (nSPS) is 14.7. The predicted molar refractivity (Wildman–Crippen MR) is 131 cm³/mol. The summed E-state index contributed by atoms with van der Waals surface area (Å²) in [5.74, 6) is 2.17. The molecule has 1 aliphatic heterocycles. The first-order valence-corrected chi connectivity index (χ1v) is 11.7. The molecule has 1 atom stereocenters. The molecular weight excluding hydrogens is 446 g/mol. The Morgan fingerprint density at radius 3 is 2.43 bits per heavy atom. The van der Waals surface area contributed by atoms with Gasteiger partial charge < -0.3 is 19.3 Å². The predicted octanol–water partition coefficient (Wildman–Crippen LogP) is 2.73. The second kappa shape index (κ2) is 9.96. The molecule has 180 valence electrons. The quantitative estimate of drug-likeness (QED) is 0.404. The third-order valence-corrected chi connectivity index (χ3v) is 5.91. The molecule has 1 fully saturated rings. The van der Waals surface area contributed by atoms with E-state index in [1.165, 1.54) is 6.33 Å². The van der Waals surface area contributed by atoms with Crippen molar-refractivity contribution in [3.05, 3.63) is 60.9 Å². The highest BCUT2D eigenvalue weighted by molar-refractivity contribution is 5.84. The largest absolute Gasteiger partial charge is 0.494 e. The summed E-state index contributed by atoms with van der Waals surface area (Å²) in [6.07, 6.45) is 0.975. The number of rotatable bonds is 7. The fourth-order valence-electron chi connectivity index (χ4n) is 4.14. The molecule has 1 amide bonds. The lowest BCUT2D eigenvalue weighted by molar-refractivity contribution is -0.138. The molecule has 2 aromatic heterocycles. The molecule has 2 aromatic carbocycles. The minimum absolute atomic E-state index is 0.0252. The topological polar surface area (TPSA) is 98.5 Å². The van der Waals surface area contributed by atoms with Gasteiger partial charge in [-0.2, -0.15) is 4.68 Å². The summed E-state index contributed by atoms with van der Waals surface area (Å²) in [5, 5.41) is 8.69. The van der Waals surface area contributed by atoms with E-state index < -0.39 is 6.10 Å². The van der Waals surface area contributed by atoms with Crippen LogP contribution in [0.5, 0.6) is 11.5 Å². The van der Waals surface area contributed by atoms with Crippen LogP contribution in [0.1, 0.15) is 13.8 Å². The van der Waals surface area contributed by atoms with Crippen LogP contribution >= 0.6 is 0 Å². The number of carbonyl (C=O) groups excluding carboxylic acids is 1. The Balaban J connectivity index is 1.27. The average molecular weight is 474 g/mol. The van der Waals surface area contributed by atoms with E-state index in [9.17, 15) is 4.79 Å². The van der Waals surface area contributed by atoms with Crippen molar-refractivity contribution in [3.63, 3.8) is 0 Å². The van der Waals surface area contributed by atoms with Gasteiger partial charge >= 0.3 is 0 Å². The zero-order chi connectivity index (χ0) is 24.2. The molecule has 1 aliphatic rings. The second-order valence-corrected chi connectivity index (χ2v) is 8.18. The fraction of sp³-hybridized carbons (Fsp3) is 0.320. The Labute approximate surface area is 203 Å². The van der Waals surface area contributed by atoms with Crippen LogP contribution in [-0.4, -0.2) is 74.7 Å². The third kappa shape index (κ3) is 4.72. The summed E-state index contributed by atoms with van der Waals surface area (Å²) in [5.41, 5.74) is 2.09. The zero-order valence-electron chi connectivity index (χ0n) is 19.7. The van der Waals surface area contributed by atoms with Crippen LogP contribution < -0.4 is 14.4 Å². The first-order chi connectivity index (χ1) is 17.1. The molecule has 10 heteroatoms. The molecule has 0 bridgehead atoms. The fourth-order valence-corrected chi connectivity index (χ4v) is 4.14. The van der Waals surface area contributed by atoms with Gasteiger partial charge in [-0.3, -0.25) is 4.79 Å². The van der Waals surface area contributed by atoms with Gasteiger partial charge in [0.15, 0.2) is 23.1 Å². The van der Waals surface area contributed by atoms with E-state index in [-0.39, 0.29) is 5.91 Å². The van der Waals surface area contributed by atoms with E-state index in [1.807, 2.05) is 66.4 Å². The maximum absolute atomic E-state index is 12.9. The summed E-state index contributed by atoms with van der Waals surface area (Å²) in [6, 6.07) is 17.0. The van der Waals surface area contributed by atoms with Crippen LogP contribution in [0.15, 0.2) is 60.9 Å². The lowest BCUT2D eigenvalue weighted by Crippen LogP contribution is -2.52. The van der Waals surface area contributed by atoms with Gasteiger partial charge in [0.2, 0.25) is 0 Å². The third-order valence-electron chi connectivity index (χ3n) is 5.91. The standard InChI is InChI=1S/C25H27N7O3/c1-3-34-20-11-9-19(10-12-20)32-24-22(28-29-32)23(26-17-27-24)30-13-15-31(16-14-30)25(33)18(2)35-21-7-5-4-6-8-21/h4-12,17-18H,3,13-16H2,1-2H3/t18-/m0/s1. The van der Waals surface area contributed by atoms with Crippen molar-refractivity contribution in [3.8, 4) is 17.2 Å². The average Bonchev–Trinajstić information content (AvgIpc) is 3.34. The summed E-state index contributed by atoms with van der Waals surface area (Å²) in [6.45, 7) is 6.75. The molecule has 5 rings (SSSR count). The van der Waals surface area contributed by atoms with E-state index in [0.29, 0.717) is 55.5 Å². The molecule has 0 aliphatic carbocycles. The number of hydrogen-bond donors (Lipinski definition) is 0. The van der Waals surface area contributed by atoms with Crippen molar-refractivity contribution < 1.29 is 14.3 Å². The van der Waals surface area contributed by atoms with Gasteiger partial charge in [-0.25, -0.2) is 9.97 Å². The minimum atomic E-state index is -0.552. The highest BCUT2D eigenvalue weighted by atomic mass is 16.5. The van der Waals surface area contributed by atoms with Gasteiger partial charge in [-0.15, -0.1) is 5.10 Å². The summed E-state index contributed by atoms with van der Waals surface area (Å²) in [4.78, 5) is 25.8. The van der Waals surface area contributed by atoms with E-state index in [0.717, 1.165) is 11.4 Å². The number of aromatic nitrogens is 5. The number of hydrogen-bond acceptors (Lipinski definition) is 8. The van der Waals surface area contributed by atoms with Crippen LogP contribution in [0, 0.1) is 0 Å². The number of carbonyl (C=O) groups is 1. The van der Waals surface area contributed by atoms with Gasteiger partial charge in [0.05, 0.1) is 12.3 Å². The Bertz CT molecular complexity index is 1290. The van der Waals surface area contributed by atoms with E-state index in [1.54, 1.807) is 11.6 Å². The van der Waals surface area contributed by atoms with Crippen molar-refractivity contribution in [1.29, 1.82) is 0 Å². The second-order valence-electron chi connectivity index (χ2n) is 8.18. The molecule has 1 saturated heterocycles. The molecule has 0 radical (unpaired) electrons. The van der Waals surface area contributed by atoms with Gasteiger partial charge in [-0.1, -0.05) is 23.4 Å². The zero-order valence-corrected chi connectivity index (χ0v) is 19.7. The maximum atomic E-state index is 12.9. The summed E-state index contributed by atoms with van der Waals surface area (Å²) >= 11 is 0. The molecule has 4 aromatic rings. The van der Waals surface area contributed by atoms with Crippen LogP contribution in [-0.2, 0) is 4.79 Å². The Kier molecular flexibility index (Phi) is 6.42. The molecular formula is C25H27N7O3. The van der Waals surface area contributed by atoms with E-state index in [2.05, 4.69) is 25.2 Å². The number of piperazine rings is 1. The molecule has 0 N–H and O–H groups in total. The number of ether oxygens (including phenoxy) is 2. The number of amides is 1. The Hall–Kier alpha value is -4.21. The first kappa shape index (κ1) is 22.6. The Morgan fingerprint density at radius 2 is 1.71 bits per heavy atom. The van der Waals surface area contributed by atoms with Crippen LogP contribution in [0.4, 0.5) is 5.82 Å². The molecule has 3 heterocycles. The van der Waals surface area contributed by atoms with E-state index >= 15 is 0 Å². The molecule has 35 heavy (non-hydrogen) atoms. The van der Waals surface area contributed by atoms with Crippen LogP contribution in [0.2, 0.25) is 0 Å². The van der Waals surface area contributed by atoms with Gasteiger partial charge in [-0.05, 0) is 50.2 Å². The smallest absolute Gasteiger partial charge is 0.263 e. The number of nitrogens with zero attached hydrogens (tertiary/aromatic N) is 7. The van der Waals surface area contributed by atoms with Crippen molar-refractivity contribution in [2.45, 2.75) is 20.0 Å². The summed E-state index contributed by atoms with van der Waals surface area (Å²) in [7, 11) is 0. The summed E-state index contributed by atoms with van der Waals surface area (Å²) < 4.78 is 13.0. The lowest BCUT2D eigenvalue weighted by atomic mass is 10.2. The highest BCUT2D eigenvalue weighted by Crippen LogP contribution is 2.25. The van der Waals surface area contributed by atoms with Crippen molar-refractivity contribution in [2.24, 2.45) is 0 Å². The van der Waals surface area contributed by atoms with Crippen molar-refractivity contribution >= 4 is 22.9 Å². The number of fused-ring (bicyclic) bond motifs is 1. The first-order valence-electron chi connectivity index (χ1n) is 11.7. The van der Waals surface area contributed by atoms with Gasteiger partial charge in [0.1, 0.15) is 17.8 Å². The van der Waals surface area contributed by atoms with Crippen LogP contribution in [0.25, 0.3) is 16.9 Å². The van der Waals surface area contributed by atoms with E-state index in [4.69, 9.17) is 9.47 Å². The molecule has 0 spiro atoms. The SMILES string of the molecule is CCOc1ccc(-n2nnc3c(N4CCN(C(=O)[C@H](C)Oc5ccccc5)CC4)ncnc32)cc1. The number of anilines is 1.